The van der Waals surface area contributed by atoms with Gasteiger partial charge in [0.05, 0.1) is 12.2 Å². The first-order valence-electron chi connectivity index (χ1n) is 6.00. The first kappa shape index (κ1) is 13.9. The molecular weight excluding hydrogens is 351 g/mol. The van der Waals surface area contributed by atoms with E-state index in [4.69, 9.17) is 0 Å². The van der Waals surface area contributed by atoms with Crippen molar-refractivity contribution >= 4 is 39.9 Å². The highest BCUT2D eigenvalue weighted by Crippen LogP contribution is 2.16. The third kappa shape index (κ3) is 4.24. The van der Waals surface area contributed by atoms with Gasteiger partial charge in [0.25, 0.3) is 0 Å². The molecule has 0 spiro atoms. The molecule has 19 heavy (non-hydrogen) atoms. The van der Waals surface area contributed by atoms with Crippen LogP contribution in [0.25, 0.3) is 0 Å². The summed E-state index contributed by atoms with van der Waals surface area (Å²) in [6, 6.07) is 15.7. The molecule has 0 unspecified atom stereocenters. The van der Waals surface area contributed by atoms with Gasteiger partial charge in [-0.15, -0.1) is 0 Å². The number of halogens is 1. The monoisotopic (exact) mass is 366 g/mol. The van der Waals surface area contributed by atoms with Crippen LogP contribution in [-0.4, -0.2) is 12.5 Å². The molecule has 2 aromatic rings. The zero-order valence-corrected chi connectivity index (χ0v) is 12.8. The van der Waals surface area contributed by atoms with Crippen molar-refractivity contribution in [2.75, 3.05) is 17.2 Å². The minimum absolute atomic E-state index is 0.0503. The Hall–Kier alpha value is -1.56. The van der Waals surface area contributed by atoms with Gasteiger partial charge in [-0.05, 0) is 59.3 Å². The number of nitrogens with one attached hydrogen (secondary N) is 2. The van der Waals surface area contributed by atoms with E-state index in [-0.39, 0.29) is 12.5 Å². The van der Waals surface area contributed by atoms with Gasteiger partial charge in [0.2, 0.25) is 5.91 Å². The maximum absolute atomic E-state index is 11.8. The maximum atomic E-state index is 11.8. The van der Waals surface area contributed by atoms with Crippen LogP contribution in [0.5, 0.6) is 0 Å². The number of rotatable bonds is 4. The maximum Gasteiger partial charge on any atom is 0.243 e. The second kappa shape index (κ2) is 6.56. The Bertz CT molecular complexity index is 584. The molecule has 0 bridgehead atoms. The number of benzene rings is 2. The molecule has 0 radical (unpaired) electrons. The zero-order chi connectivity index (χ0) is 13.7. The summed E-state index contributed by atoms with van der Waals surface area (Å²) in [6.07, 6.45) is 0. The Morgan fingerprint density at radius 3 is 2.68 bits per heavy atom. The summed E-state index contributed by atoms with van der Waals surface area (Å²) in [7, 11) is 0. The predicted octanol–water partition coefficient (Wildman–Crippen LogP) is 3.65. The van der Waals surface area contributed by atoms with Gasteiger partial charge >= 0.3 is 0 Å². The van der Waals surface area contributed by atoms with Gasteiger partial charge in [-0.3, -0.25) is 4.79 Å². The van der Waals surface area contributed by atoms with E-state index in [1.807, 2.05) is 55.5 Å². The first-order valence-corrected chi connectivity index (χ1v) is 7.08. The Balaban J connectivity index is 1.90. The molecule has 0 saturated carbocycles. The van der Waals surface area contributed by atoms with Gasteiger partial charge in [0, 0.05) is 9.26 Å². The van der Waals surface area contributed by atoms with E-state index in [0.29, 0.717) is 0 Å². The smallest absolute Gasteiger partial charge is 0.243 e. The molecule has 4 heteroatoms. The number of anilines is 2. The minimum atomic E-state index is -0.0503. The molecule has 0 saturated heterocycles. The average molecular weight is 366 g/mol. The van der Waals surface area contributed by atoms with Crippen LogP contribution < -0.4 is 10.6 Å². The lowest BCUT2D eigenvalue weighted by Crippen LogP contribution is -2.22. The summed E-state index contributed by atoms with van der Waals surface area (Å²) in [5.74, 6) is -0.0503. The highest BCUT2D eigenvalue weighted by atomic mass is 127. The van der Waals surface area contributed by atoms with Crippen molar-refractivity contribution in [2.24, 2.45) is 0 Å². The number of para-hydroxylation sites is 1. The fourth-order valence-corrected chi connectivity index (χ4v) is 2.22. The van der Waals surface area contributed by atoms with E-state index >= 15 is 0 Å². The van der Waals surface area contributed by atoms with E-state index in [9.17, 15) is 4.79 Å². The topological polar surface area (TPSA) is 41.1 Å². The fourth-order valence-electron chi connectivity index (χ4n) is 1.69. The Kier molecular flexibility index (Phi) is 4.79. The minimum Gasteiger partial charge on any atom is -0.376 e. The molecule has 0 atom stereocenters. The Morgan fingerprint density at radius 2 is 1.95 bits per heavy atom. The van der Waals surface area contributed by atoms with Gasteiger partial charge in [-0.1, -0.05) is 24.3 Å². The fraction of sp³-hybridized carbons (Fsp3) is 0.133. The van der Waals surface area contributed by atoms with Crippen molar-refractivity contribution in [3.05, 3.63) is 57.7 Å². The number of amides is 1. The number of aryl methyl sites for hydroxylation is 1. The normalized spacial score (nSPS) is 10.0. The molecule has 0 heterocycles. The van der Waals surface area contributed by atoms with E-state index < -0.39 is 0 Å². The van der Waals surface area contributed by atoms with Gasteiger partial charge in [0.15, 0.2) is 0 Å². The molecule has 3 nitrogen and oxygen atoms in total. The number of hydrogen-bond acceptors (Lipinski definition) is 2. The van der Waals surface area contributed by atoms with Crippen molar-refractivity contribution in [1.29, 1.82) is 0 Å². The molecule has 2 rings (SSSR count). The molecule has 98 valence electrons. The SMILES string of the molecule is Cc1cccc(NCC(=O)Nc2ccccc2I)c1. The lowest BCUT2D eigenvalue weighted by atomic mass is 10.2. The summed E-state index contributed by atoms with van der Waals surface area (Å²) in [5, 5.41) is 6.00. The highest BCUT2D eigenvalue weighted by Gasteiger charge is 2.04. The van der Waals surface area contributed by atoms with Crippen molar-refractivity contribution in [3.8, 4) is 0 Å². The van der Waals surface area contributed by atoms with Crippen molar-refractivity contribution < 1.29 is 4.79 Å². The Labute approximate surface area is 126 Å². The molecule has 2 aromatic carbocycles. The third-order valence-electron chi connectivity index (χ3n) is 2.62. The lowest BCUT2D eigenvalue weighted by molar-refractivity contribution is -0.114. The van der Waals surface area contributed by atoms with Crippen LogP contribution in [-0.2, 0) is 4.79 Å². The van der Waals surface area contributed by atoms with E-state index in [0.717, 1.165) is 14.9 Å². The van der Waals surface area contributed by atoms with Crippen molar-refractivity contribution in [3.63, 3.8) is 0 Å². The molecule has 2 N–H and O–H groups in total. The predicted molar refractivity (Wildman–Crippen MR) is 87.5 cm³/mol. The first-order chi connectivity index (χ1) is 9.15. The van der Waals surface area contributed by atoms with E-state index in [1.54, 1.807) is 0 Å². The van der Waals surface area contributed by atoms with Crippen LogP contribution in [0, 0.1) is 10.5 Å². The van der Waals surface area contributed by atoms with Gasteiger partial charge in [0.1, 0.15) is 0 Å². The zero-order valence-electron chi connectivity index (χ0n) is 10.6. The van der Waals surface area contributed by atoms with Crippen molar-refractivity contribution in [1.82, 2.24) is 0 Å². The van der Waals surface area contributed by atoms with Crippen LogP contribution in [0.1, 0.15) is 5.56 Å². The second-order valence-corrected chi connectivity index (χ2v) is 5.41. The molecule has 0 aliphatic heterocycles. The lowest BCUT2D eigenvalue weighted by Gasteiger charge is -2.09. The van der Waals surface area contributed by atoms with Gasteiger partial charge < -0.3 is 10.6 Å². The summed E-state index contributed by atoms with van der Waals surface area (Å²) >= 11 is 2.20. The van der Waals surface area contributed by atoms with Crippen LogP contribution in [0.15, 0.2) is 48.5 Å². The molecule has 0 aliphatic rings. The average Bonchev–Trinajstić information content (AvgIpc) is 2.39. The van der Waals surface area contributed by atoms with E-state index in [2.05, 4.69) is 33.2 Å². The molecule has 0 fully saturated rings. The molecule has 0 aromatic heterocycles. The van der Waals surface area contributed by atoms with Gasteiger partial charge in [-0.2, -0.15) is 0 Å². The molecular formula is C15H15IN2O. The summed E-state index contributed by atoms with van der Waals surface area (Å²) in [5.41, 5.74) is 2.97. The number of carbonyl (C=O) groups excluding carboxylic acids is 1. The molecule has 1 amide bonds. The number of carbonyl (C=O) groups is 1. The standard InChI is InChI=1S/C15H15IN2O/c1-11-5-4-6-12(9-11)17-10-15(19)18-14-8-3-2-7-13(14)16/h2-9,17H,10H2,1H3,(H,18,19). The van der Waals surface area contributed by atoms with Crippen molar-refractivity contribution in [2.45, 2.75) is 6.92 Å². The Morgan fingerprint density at radius 1 is 1.16 bits per heavy atom. The highest BCUT2D eigenvalue weighted by molar-refractivity contribution is 14.1. The quantitative estimate of drug-likeness (QED) is 0.812. The largest absolute Gasteiger partial charge is 0.376 e. The van der Waals surface area contributed by atoms with Crippen LogP contribution >= 0.6 is 22.6 Å². The van der Waals surface area contributed by atoms with E-state index in [1.165, 1.54) is 5.56 Å². The summed E-state index contributed by atoms with van der Waals surface area (Å²) in [4.78, 5) is 11.8. The van der Waals surface area contributed by atoms with Crippen LogP contribution in [0.4, 0.5) is 11.4 Å². The summed E-state index contributed by atoms with van der Waals surface area (Å²) in [6.45, 7) is 2.28. The molecule has 0 aliphatic carbocycles. The van der Waals surface area contributed by atoms with Gasteiger partial charge in [-0.25, -0.2) is 0 Å². The van der Waals surface area contributed by atoms with Crippen LogP contribution in [0.2, 0.25) is 0 Å². The third-order valence-corrected chi connectivity index (χ3v) is 3.56. The number of hydrogen-bond donors (Lipinski definition) is 2. The van der Waals surface area contributed by atoms with Crippen LogP contribution in [0.3, 0.4) is 0 Å². The summed E-state index contributed by atoms with van der Waals surface area (Å²) < 4.78 is 1.03. The second-order valence-electron chi connectivity index (χ2n) is 4.25.